The Morgan fingerprint density at radius 2 is 1.68 bits per heavy atom. The molecule has 3 N–H and O–H groups in total. The summed E-state index contributed by atoms with van der Waals surface area (Å²) in [5.41, 5.74) is 5.61. The van der Waals surface area contributed by atoms with E-state index in [1.807, 2.05) is 20.8 Å². The molecule has 0 atom stereocenters. The molecule has 0 aromatic heterocycles. The molecule has 22 heavy (non-hydrogen) atoms. The first-order valence-electron chi connectivity index (χ1n) is 7.38. The molecule has 0 aliphatic heterocycles. The van der Waals surface area contributed by atoms with E-state index >= 15 is 0 Å². The van der Waals surface area contributed by atoms with Crippen LogP contribution in [-0.2, 0) is 10.0 Å². The molecule has 1 rings (SSSR count). The predicted octanol–water partition coefficient (Wildman–Crippen LogP) is 2.69. The highest BCUT2D eigenvalue weighted by Gasteiger charge is 2.23. The average Bonchev–Trinajstić information content (AvgIpc) is 2.51. The van der Waals surface area contributed by atoms with Gasteiger partial charge in [-0.2, -0.15) is 0 Å². The van der Waals surface area contributed by atoms with E-state index in [9.17, 15) is 8.42 Å². The predicted molar refractivity (Wildman–Crippen MR) is 92.2 cm³/mol. The maximum atomic E-state index is 12.2. The van der Waals surface area contributed by atoms with Crippen LogP contribution in [-0.4, -0.2) is 27.1 Å². The molecule has 0 saturated carbocycles. The van der Waals surface area contributed by atoms with Gasteiger partial charge in [0.2, 0.25) is 10.0 Å². The lowest BCUT2D eigenvalue weighted by molar-refractivity contribution is 0.317. The van der Waals surface area contributed by atoms with Crippen molar-refractivity contribution in [3.63, 3.8) is 0 Å². The summed E-state index contributed by atoms with van der Waals surface area (Å²) in [6.07, 6.45) is 2.35. The molecule has 0 fully saturated rings. The van der Waals surface area contributed by atoms with Crippen molar-refractivity contribution in [3.05, 3.63) is 24.3 Å². The summed E-state index contributed by atoms with van der Waals surface area (Å²) in [4.78, 5) is 0.223. The van der Waals surface area contributed by atoms with Crippen LogP contribution in [0, 0.1) is 0 Å². The molecule has 0 unspecified atom stereocenters. The topological polar surface area (TPSA) is 81.4 Å². The smallest absolute Gasteiger partial charge is 0.240 e. The number of nitrogens with one attached hydrogen (secondary N) is 1. The van der Waals surface area contributed by atoms with Gasteiger partial charge in [-0.1, -0.05) is 20.8 Å². The zero-order valence-corrected chi connectivity index (χ0v) is 15.1. The zero-order chi connectivity index (χ0) is 15.9. The van der Waals surface area contributed by atoms with Crippen molar-refractivity contribution in [2.45, 2.75) is 50.5 Å². The SMILES string of the molecule is CCCOc1ccc(S(=O)(=O)NCC(N)(CC)CC)cc1.Cl. The highest BCUT2D eigenvalue weighted by molar-refractivity contribution is 7.89. The maximum absolute atomic E-state index is 12.2. The number of hydrogen-bond donors (Lipinski definition) is 2. The Hall–Kier alpha value is -0.820. The lowest BCUT2D eigenvalue weighted by Gasteiger charge is -2.26. The Labute approximate surface area is 140 Å². The molecule has 0 saturated heterocycles. The van der Waals surface area contributed by atoms with Crippen LogP contribution >= 0.6 is 12.4 Å². The molecule has 128 valence electrons. The van der Waals surface area contributed by atoms with Gasteiger partial charge in [-0.15, -0.1) is 12.4 Å². The van der Waals surface area contributed by atoms with Crippen molar-refractivity contribution in [1.29, 1.82) is 0 Å². The minimum absolute atomic E-state index is 0. The number of sulfonamides is 1. The van der Waals surface area contributed by atoms with E-state index in [4.69, 9.17) is 10.5 Å². The molecule has 0 spiro atoms. The average molecular weight is 351 g/mol. The van der Waals surface area contributed by atoms with E-state index in [-0.39, 0.29) is 23.8 Å². The highest BCUT2D eigenvalue weighted by atomic mass is 35.5. The molecule has 0 aliphatic rings. The molecule has 5 nitrogen and oxygen atoms in total. The first-order valence-corrected chi connectivity index (χ1v) is 8.86. The summed E-state index contributed by atoms with van der Waals surface area (Å²) in [7, 11) is -3.54. The third kappa shape index (κ3) is 6.12. The van der Waals surface area contributed by atoms with Gasteiger partial charge in [-0.3, -0.25) is 0 Å². The van der Waals surface area contributed by atoms with Gasteiger partial charge in [0.05, 0.1) is 11.5 Å². The molecular weight excluding hydrogens is 324 g/mol. The summed E-state index contributed by atoms with van der Waals surface area (Å²) >= 11 is 0. The van der Waals surface area contributed by atoms with Crippen LogP contribution in [0.4, 0.5) is 0 Å². The van der Waals surface area contributed by atoms with Crippen molar-refractivity contribution in [3.8, 4) is 5.75 Å². The third-order valence-corrected chi connectivity index (χ3v) is 5.05. The first kappa shape index (κ1) is 21.2. The second-order valence-corrected chi connectivity index (χ2v) is 6.98. The van der Waals surface area contributed by atoms with Crippen LogP contribution in [0.5, 0.6) is 5.75 Å². The maximum Gasteiger partial charge on any atom is 0.240 e. The summed E-state index contributed by atoms with van der Waals surface area (Å²) in [6.45, 7) is 6.78. The zero-order valence-electron chi connectivity index (χ0n) is 13.5. The molecule has 0 amide bonds. The fraction of sp³-hybridized carbons (Fsp3) is 0.600. The Balaban J connectivity index is 0.00000441. The summed E-state index contributed by atoms with van der Waals surface area (Å²) in [5, 5.41) is 0. The van der Waals surface area contributed by atoms with Gasteiger partial charge in [-0.25, -0.2) is 13.1 Å². The number of rotatable bonds is 9. The van der Waals surface area contributed by atoms with Gasteiger partial charge in [-0.05, 0) is 43.5 Å². The van der Waals surface area contributed by atoms with Crippen molar-refractivity contribution in [2.24, 2.45) is 5.73 Å². The van der Waals surface area contributed by atoms with Crippen LogP contribution in [0.25, 0.3) is 0 Å². The standard InChI is InChI=1S/C15H26N2O3S.ClH/c1-4-11-20-13-7-9-14(10-8-13)21(18,19)17-12-15(16,5-2)6-3;/h7-10,17H,4-6,11-12,16H2,1-3H3;1H. The Morgan fingerprint density at radius 3 is 2.14 bits per heavy atom. The van der Waals surface area contributed by atoms with Gasteiger partial charge in [0.25, 0.3) is 0 Å². The second kappa shape index (κ2) is 9.35. The largest absolute Gasteiger partial charge is 0.494 e. The van der Waals surface area contributed by atoms with E-state index in [0.29, 0.717) is 12.4 Å². The number of ether oxygens (including phenoxy) is 1. The fourth-order valence-electron chi connectivity index (χ4n) is 1.76. The van der Waals surface area contributed by atoms with Gasteiger partial charge < -0.3 is 10.5 Å². The molecule has 1 aromatic carbocycles. The minimum Gasteiger partial charge on any atom is -0.494 e. The summed E-state index contributed by atoms with van der Waals surface area (Å²) in [5.74, 6) is 0.672. The second-order valence-electron chi connectivity index (χ2n) is 5.21. The number of halogens is 1. The number of hydrogen-bond acceptors (Lipinski definition) is 4. The van der Waals surface area contributed by atoms with Crippen LogP contribution in [0.15, 0.2) is 29.2 Å². The van der Waals surface area contributed by atoms with E-state index < -0.39 is 15.6 Å². The van der Waals surface area contributed by atoms with Crippen LogP contribution in [0.1, 0.15) is 40.0 Å². The van der Waals surface area contributed by atoms with Gasteiger partial charge >= 0.3 is 0 Å². The lowest BCUT2D eigenvalue weighted by Crippen LogP contribution is -2.49. The van der Waals surface area contributed by atoms with Crippen molar-refractivity contribution in [2.75, 3.05) is 13.2 Å². The number of nitrogens with two attached hydrogens (primary N) is 1. The van der Waals surface area contributed by atoms with E-state index in [2.05, 4.69) is 4.72 Å². The molecular formula is C15H27ClN2O3S. The molecule has 7 heteroatoms. The van der Waals surface area contributed by atoms with E-state index in [1.165, 1.54) is 0 Å². The van der Waals surface area contributed by atoms with Crippen molar-refractivity contribution < 1.29 is 13.2 Å². The quantitative estimate of drug-likeness (QED) is 0.717. The lowest BCUT2D eigenvalue weighted by atomic mass is 9.95. The minimum atomic E-state index is -3.54. The van der Waals surface area contributed by atoms with Gasteiger partial charge in [0, 0.05) is 12.1 Å². The highest BCUT2D eigenvalue weighted by Crippen LogP contribution is 2.17. The van der Waals surface area contributed by atoms with E-state index in [1.54, 1.807) is 24.3 Å². The molecule has 1 aromatic rings. The first-order chi connectivity index (χ1) is 9.87. The van der Waals surface area contributed by atoms with Crippen LogP contribution in [0.3, 0.4) is 0 Å². The fourth-order valence-corrected chi connectivity index (χ4v) is 2.90. The Morgan fingerprint density at radius 1 is 1.14 bits per heavy atom. The normalized spacial score (nSPS) is 11.8. The monoisotopic (exact) mass is 350 g/mol. The van der Waals surface area contributed by atoms with Crippen molar-refractivity contribution >= 4 is 22.4 Å². The molecule has 0 aliphatic carbocycles. The molecule has 0 heterocycles. The third-order valence-electron chi connectivity index (χ3n) is 3.63. The van der Waals surface area contributed by atoms with Crippen molar-refractivity contribution in [1.82, 2.24) is 4.72 Å². The van der Waals surface area contributed by atoms with Gasteiger partial charge in [0.1, 0.15) is 5.75 Å². The van der Waals surface area contributed by atoms with Crippen LogP contribution in [0.2, 0.25) is 0 Å². The van der Waals surface area contributed by atoms with Crippen LogP contribution < -0.4 is 15.2 Å². The Kier molecular flexibility index (Phi) is 9.00. The molecule has 0 radical (unpaired) electrons. The number of benzene rings is 1. The Bertz CT molecular complexity index is 528. The summed E-state index contributed by atoms with van der Waals surface area (Å²) < 4.78 is 32.5. The summed E-state index contributed by atoms with van der Waals surface area (Å²) in [6, 6.07) is 6.42. The van der Waals surface area contributed by atoms with Gasteiger partial charge in [0.15, 0.2) is 0 Å². The molecule has 0 bridgehead atoms. The van der Waals surface area contributed by atoms with E-state index in [0.717, 1.165) is 19.3 Å².